The van der Waals surface area contributed by atoms with Crippen LogP contribution < -0.4 is 0 Å². The first-order chi connectivity index (χ1) is 9.20. The van der Waals surface area contributed by atoms with Crippen molar-refractivity contribution in [1.82, 2.24) is 9.55 Å². The molecule has 0 radical (unpaired) electrons. The van der Waals surface area contributed by atoms with Crippen LogP contribution in [-0.2, 0) is 0 Å². The van der Waals surface area contributed by atoms with Crippen molar-refractivity contribution in [3.05, 3.63) is 52.3 Å². The zero-order chi connectivity index (χ0) is 13.4. The summed E-state index contributed by atoms with van der Waals surface area (Å²) >= 11 is 13.3. The Morgan fingerprint density at radius 2 is 1.89 bits per heavy atom. The van der Waals surface area contributed by atoms with Gasteiger partial charge >= 0.3 is 0 Å². The highest BCUT2D eigenvalue weighted by Crippen LogP contribution is 2.26. The van der Waals surface area contributed by atoms with Crippen molar-refractivity contribution in [3.8, 4) is 5.69 Å². The van der Waals surface area contributed by atoms with Gasteiger partial charge in [-0.2, -0.15) is 0 Å². The molecule has 0 aliphatic heterocycles. The second kappa shape index (κ2) is 5.04. The second-order valence-corrected chi connectivity index (χ2v) is 5.77. The van der Waals surface area contributed by atoms with E-state index in [9.17, 15) is 0 Å². The Morgan fingerprint density at radius 3 is 2.58 bits per heavy atom. The number of para-hydroxylation sites is 1. The second-order valence-electron chi connectivity index (χ2n) is 4.10. The van der Waals surface area contributed by atoms with E-state index in [1.807, 2.05) is 22.8 Å². The Balaban J connectivity index is 2.27. The van der Waals surface area contributed by atoms with Crippen molar-refractivity contribution in [2.24, 2.45) is 0 Å². The normalized spacial score (nSPS) is 11.1. The average molecular weight is 307 g/mol. The van der Waals surface area contributed by atoms with Gasteiger partial charge in [0.2, 0.25) is 0 Å². The number of aromatic nitrogens is 2. The number of hydrogen-bond acceptors (Lipinski definition) is 2. The lowest BCUT2D eigenvalue weighted by Gasteiger charge is -2.05. The van der Waals surface area contributed by atoms with E-state index in [1.54, 1.807) is 11.8 Å². The molecule has 96 valence electrons. The number of aromatic amines is 1. The van der Waals surface area contributed by atoms with Crippen molar-refractivity contribution in [3.63, 3.8) is 0 Å². The molecule has 1 aromatic heterocycles. The number of thioether (sulfide) groups is 1. The maximum Gasteiger partial charge on any atom is 0.182 e. The maximum absolute atomic E-state index is 6.18. The molecule has 0 aliphatic rings. The first kappa shape index (κ1) is 12.8. The van der Waals surface area contributed by atoms with Crippen LogP contribution in [0.15, 0.2) is 47.4 Å². The molecule has 0 aliphatic carbocycles. The molecule has 2 nitrogen and oxygen atoms in total. The molecule has 3 aromatic rings. The lowest BCUT2D eigenvalue weighted by molar-refractivity contribution is 1.06. The fourth-order valence-electron chi connectivity index (χ4n) is 2.08. The summed E-state index contributed by atoms with van der Waals surface area (Å²) < 4.78 is 2.65. The Morgan fingerprint density at radius 1 is 1.16 bits per heavy atom. The molecule has 0 saturated heterocycles. The van der Waals surface area contributed by atoms with E-state index in [4.69, 9.17) is 23.8 Å². The summed E-state index contributed by atoms with van der Waals surface area (Å²) in [6.07, 6.45) is 2.06. The quantitative estimate of drug-likeness (QED) is 0.527. The Kier molecular flexibility index (Phi) is 3.39. The molecule has 1 N–H and O–H groups in total. The smallest absolute Gasteiger partial charge is 0.182 e. The summed E-state index contributed by atoms with van der Waals surface area (Å²) in [6, 6.07) is 14.1. The van der Waals surface area contributed by atoms with E-state index in [2.05, 4.69) is 35.5 Å². The minimum atomic E-state index is 0.653. The minimum absolute atomic E-state index is 0.653. The van der Waals surface area contributed by atoms with Crippen LogP contribution in [0, 0.1) is 4.77 Å². The van der Waals surface area contributed by atoms with Crippen LogP contribution in [0.4, 0.5) is 0 Å². The highest BCUT2D eigenvalue weighted by atomic mass is 35.5. The van der Waals surface area contributed by atoms with Crippen molar-refractivity contribution in [1.29, 1.82) is 0 Å². The molecule has 3 rings (SSSR count). The summed E-state index contributed by atoms with van der Waals surface area (Å²) in [5.41, 5.74) is 2.91. The predicted octanol–water partition coefficient (Wildman–Crippen LogP) is 5.06. The molecule has 0 atom stereocenters. The molecule has 0 amide bonds. The number of benzene rings is 2. The van der Waals surface area contributed by atoms with Crippen molar-refractivity contribution < 1.29 is 0 Å². The SMILES string of the molecule is CSc1ccc(-n2c(=S)[nH]c3c(Cl)cccc32)cc1. The molecule has 2 aromatic carbocycles. The molecule has 1 heterocycles. The number of halogens is 1. The summed E-state index contributed by atoms with van der Waals surface area (Å²) in [7, 11) is 0. The molecule has 0 fully saturated rings. The van der Waals surface area contributed by atoms with E-state index >= 15 is 0 Å². The van der Waals surface area contributed by atoms with Gasteiger partial charge in [-0.3, -0.25) is 4.57 Å². The third-order valence-corrected chi connectivity index (χ3v) is 4.34. The van der Waals surface area contributed by atoms with Crippen molar-refractivity contribution in [2.45, 2.75) is 4.90 Å². The Bertz CT molecular complexity index is 787. The topological polar surface area (TPSA) is 20.7 Å². The molecule has 0 unspecified atom stereocenters. The third kappa shape index (κ3) is 2.20. The van der Waals surface area contributed by atoms with Gasteiger partial charge in [0.15, 0.2) is 4.77 Å². The lowest BCUT2D eigenvalue weighted by atomic mass is 10.3. The Hall–Kier alpha value is -1.23. The highest BCUT2D eigenvalue weighted by molar-refractivity contribution is 7.98. The van der Waals surface area contributed by atoms with Crippen LogP contribution in [0.3, 0.4) is 0 Å². The van der Waals surface area contributed by atoms with Crippen LogP contribution in [0.2, 0.25) is 5.02 Å². The Labute approximate surface area is 125 Å². The molecule has 5 heteroatoms. The van der Waals surface area contributed by atoms with Gasteiger partial charge in [-0.1, -0.05) is 17.7 Å². The van der Waals surface area contributed by atoms with Gasteiger partial charge in [0.25, 0.3) is 0 Å². The molecule has 19 heavy (non-hydrogen) atoms. The van der Waals surface area contributed by atoms with Gasteiger partial charge in [-0.15, -0.1) is 11.8 Å². The van der Waals surface area contributed by atoms with Crippen LogP contribution in [0.1, 0.15) is 0 Å². The number of rotatable bonds is 2. The van der Waals surface area contributed by atoms with Crippen LogP contribution in [0.5, 0.6) is 0 Å². The summed E-state index contributed by atoms with van der Waals surface area (Å²) in [5, 5.41) is 0.683. The van der Waals surface area contributed by atoms with Crippen LogP contribution >= 0.6 is 35.6 Å². The van der Waals surface area contributed by atoms with Gasteiger partial charge in [-0.05, 0) is 54.9 Å². The standard InChI is InChI=1S/C14H11ClN2S2/c1-19-10-7-5-9(6-8-10)17-12-4-2-3-11(15)13(12)16-14(17)18/h2-8H,1H3,(H,16,18). The fourth-order valence-corrected chi connectivity index (χ4v) is 3.01. The molecule has 0 bridgehead atoms. The van der Waals surface area contributed by atoms with E-state index in [-0.39, 0.29) is 0 Å². The van der Waals surface area contributed by atoms with Crippen LogP contribution in [-0.4, -0.2) is 15.8 Å². The predicted molar refractivity (Wildman–Crippen MR) is 85.3 cm³/mol. The summed E-state index contributed by atoms with van der Waals surface area (Å²) in [4.78, 5) is 4.39. The van der Waals surface area contributed by atoms with Crippen molar-refractivity contribution >= 4 is 46.6 Å². The first-order valence-corrected chi connectivity index (χ1v) is 7.75. The van der Waals surface area contributed by atoms with Crippen molar-refractivity contribution in [2.75, 3.05) is 6.26 Å². The molecule has 0 spiro atoms. The lowest BCUT2D eigenvalue weighted by Crippen LogP contribution is -1.93. The number of fused-ring (bicyclic) bond motifs is 1. The minimum Gasteiger partial charge on any atom is -0.329 e. The number of H-pyrrole nitrogens is 1. The van der Waals surface area contributed by atoms with E-state index < -0.39 is 0 Å². The first-order valence-electron chi connectivity index (χ1n) is 5.74. The number of nitrogens with one attached hydrogen (secondary N) is 1. The van der Waals surface area contributed by atoms with E-state index in [1.165, 1.54) is 4.90 Å². The third-order valence-electron chi connectivity index (χ3n) is 3.00. The van der Waals surface area contributed by atoms with Gasteiger partial charge in [0, 0.05) is 10.6 Å². The van der Waals surface area contributed by atoms with Crippen LogP contribution in [0.25, 0.3) is 16.7 Å². The summed E-state index contributed by atoms with van der Waals surface area (Å²) in [6.45, 7) is 0. The monoisotopic (exact) mass is 306 g/mol. The number of nitrogens with zero attached hydrogens (tertiary/aromatic N) is 1. The molecular formula is C14H11ClN2S2. The fraction of sp³-hybridized carbons (Fsp3) is 0.0714. The largest absolute Gasteiger partial charge is 0.329 e. The van der Waals surface area contributed by atoms with E-state index in [0.717, 1.165) is 16.7 Å². The zero-order valence-electron chi connectivity index (χ0n) is 10.2. The average Bonchev–Trinajstić information content (AvgIpc) is 2.77. The van der Waals surface area contributed by atoms with Gasteiger partial charge in [0.1, 0.15) is 0 Å². The van der Waals surface area contributed by atoms with Gasteiger partial charge in [-0.25, -0.2) is 0 Å². The highest BCUT2D eigenvalue weighted by Gasteiger charge is 2.08. The van der Waals surface area contributed by atoms with Gasteiger partial charge < -0.3 is 4.98 Å². The number of imidazole rings is 1. The molecule has 0 saturated carbocycles. The molecular weight excluding hydrogens is 296 g/mol. The maximum atomic E-state index is 6.18. The summed E-state index contributed by atoms with van der Waals surface area (Å²) in [5.74, 6) is 0. The van der Waals surface area contributed by atoms with Gasteiger partial charge in [0.05, 0.1) is 16.1 Å². The number of hydrogen-bond donors (Lipinski definition) is 1. The van der Waals surface area contributed by atoms with E-state index in [0.29, 0.717) is 9.79 Å². The zero-order valence-corrected chi connectivity index (χ0v) is 12.6.